The molecule has 0 saturated heterocycles. The smallest absolute Gasteiger partial charge is 0.351 e. The molecule has 0 aliphatic rings. The van der Waals surface area contributed by atoms with Crippen LogP contribution in [0.1, 0.15) is 15.9 Å². The standard InChI is InChI=1S/C13H13BrF3NOS/c1-2-6-20-7-5-18-12(19)10-4-3-9(14)8-11(10)13(15,16)17/h2-4,8H,1,5-7H2,(H,18,19). The SMILES string of the molecule is C=CCSCCNC(=O)c1ccc(Br)cc1C(F)(F)F. The second kappa shape index (κ2) is 7.73. The lowest BCUT2D eigenvalue weighted by Gasteiger charge is -2.13. The lowest BCUT2D eigenvalue weighted by molar-refractivity contribution is -0.138. The van der Waals surface area contributed by atoms with E-state index in [2.05, 4.69) is 27.8 Å². The van der Waals surface area contributed by atoms with E-state index in [-0.39, 0.29) is 10.0 Å². The van der Waals surface area contributed by atoms with E-state index < -0.39 is 17.6 Å². The number of amides is 1. The van der Waals surface area contributed by atoms with Crippen LogP contribution < -0.4 is 5.32 Å². The number of hydrogen-bond acceptors (Lipinski definition) is 2. The first-order valence-corrected chi connectivity index (χ1v) is 7.64. The van der Waals surface area contributed by atoms with Gasteiger partial charge in [0.25, 0.3) is 5.91 Å². The largest absolute Gasteiger partial charge is 0.417 e. The fraction of sp³-hybridized carbons (Fsp3) is 0.308. The monoisotopic (exact) mass is 367 g/mol. The van der Waals surface area contributed by atoms with Crippen LogP contribution in [0.15, 0.2) is 35.3 Å². The summed E-state index contributed by atoms with van der Waals surface area (Å²) in [5, 5.41) is 2.48. The van der Waals surface area contributed by atoms with Crippen LogP contribution in [0.25, 0.3) is 0 Å². The van der Waals surface area contributed by atoms with Crippen molar-refractivity contribution in [2.24, 2.45) is 0 Å². The normalized spacial score (nSPS) is 11.2. The molecule has 20 heavy (non-hydrogen) atoms. The topological polar surface area (TPSA) is 29.1 Å². The lowest BCUT2D eigenvalue weighted by Crippen LogP contribution is -2.28. The van der Waals surface area contributed by atoms with Crippen LogP contribution in [0.4, 0.5) is 13.2 Å². The molecule has 0 spiro atoms. The number of nitrogens with one attached hydrogen (secondary N) is 1. The molecule has 1 aromatic rings. The van der Waals surface area contributed by atoms with Gasteiger partial charge in [-0.1, -0.05) is 22.0 Å². The van der Waals surface area contributed by atoms with Crippen molar-refractivity contribution in [3.63, 3.8) is 0 Å². The Balaban J connectivity index is 2.75. The maximum atomic E-state index is 12.9. The van der Waals surface area contributed by atoms with Crippen LogP contribution >= 0.6 is 27.7 Å². The van der Waals surface area contributed by atoms with Crippen LogP contribution in [-0.4, -0.2) is 24.0 Å². The average molecular weight is 368 g/mol. The molecule has 1 amide bonds. The Morgan fingerprint density at radius 3 is 2.75 bits per heavy atom. The maximum absolute atomic E-state index is 12.9. The zero-order valence-electron chi connectivity index (χ0n) is 10.5. The Kier molecular flexibility index (Phi) is 6.61. The number of alkyl halides is 3. The van der Waals surface area contributed by atoms with Gasteiger partial charge >= 0.3 is 6.18 Å². The summed E-state index contributed by atoms with van der Waals surface area (Å²) in [6.45, 7) is 3.86. The first-order chi connectivity index (χ1) is 9.36. The summed E-state index contributed by atoms with van der Waals surface area (Å²) in [6.07, 6.45) is -2.84. The molecule has 1 N–H and O–H groups in total. The Morgan fingerprint density at radius 1 is 1.45 bits per heavy atom. The van der Waals surface area contributed by atoms with Gasteiger partial charge in [-0.2, -0.15) is 24.9 Å². The number of hydrogen-bond donors (Lipinski definition) is 1. The van der Waals surface area contributed by atoms with E-state index in [1.807, 2.05) is 0 Å². The number of rotatable bonds is 6. The van der Waals surface area contributed by atoms with Crippen molar-refractivity contribution in [1.29, 1.82) is 0 Å². The minimum absolute atomic E-state index is 0.280. The van der Waals surface area contributed by atoms with Gasteiger partial charge in [-0.15, -0.1) is 6.58 Å². The lowest BCUT2D eigenvalue weighted by atomic mass is 10.1. The van der Waals surface area contributed by atoms with Crippen molar-refractivity contribution in [3.05, 3.63) is 46.5 Å². The molecule has 0 bridgehead atoms. The van der Waals surface area contributed by atoms with Crippen molar-refractivity contribution >= 4 is 33.6 Å². The predicted octanol–water partition coefficient (Wildman–Crippen LogP) is 4.12. The summed E-state index contributed by atoms with van der Waals surface area (Å²) in [6, 6.07) is 3.48. The molecule has 7 heteroatoms. The molecule has 1 rings (SSSR count). The Hall–Kier alpha value is -0.950. The van der Waals surface area contributed by atoms with Crippen LogP contribution in [0, 0.1) is 0 Å². The third-order valence-corrected chi connectivity index (χ3v) is 3.76. The first-order valence-electron chi connectivity index (χ1n) is 5.70. The van der Waals surface area contributed by atoms with Crippen LogP contribution in [0.2, 0.25) is 0 Å². The number of carbonyl (C=O) groups excluding carboxylic acids is 1. The van der Waals surface area contributed by atoms with E-state index in [9.17, 15) is 18.0 Å². The van der Waals surface area contributed by atoms with Gasteiger partial charge in [0, 0.05) is 22.5 Å². The summed E-state index contributed by atoms with van der Waals surface area (Å²) in [5.41, 5.74) is -1.31. The molecule has 0 aliphatic carbocycles. The third kappa shape index (κ3) is 5.20. The van der Waals surface area contributed by atoms with Crippen molar-refractivity contribution in [3.8, 4) is 0 Å². The van der Waals surface area contributed by atoms with E-state index in [1.54, 1.807) is 17.8 Å². The summed E-state index contributed by atoms with van der Waals surface area (Å²) in [7, 11) is 0. The Bertz CT molecular complexity index is 491. The second-order valence-electron chi connectivity index (χ2n) is 3.81. The van der Waals surface area contributed by atoms with Gasteiger partial charge in [0.15, 0.2) is 0 Å². The molecule has 2 nitrogen and oxygen atoms in total. The van der Waals surface area contributed by atoms with Crippen molar-refractivity contribution in [2.45, 2.75) is 6.18 Å². The fourth-order valence-corrected chi connectivity index (χ4v) is 2.39. The van der Waals surface area contributed by atoms with Crippen LogP contribution in [-0.2, 0) is 6.18 Å². The average Bonchev–Trinajstić information content (AvgIpc) is 2.37. The summed E-state index contributed by atoms with van der Waals surface area (Å²) in [5.74, 6) is 0.640. The quantitative estimate of drug-likeness (QED) is 0.605. The molecular formula is C13H13BrF3NOS. The zero-order chi connectivity index (χ0) is 15.2. The molecule has 1 aromatic carbocycles. The highest BCUT2D eigenvalue weighted by atomic mass is 79.9. The van der Waals surface area contributed by atoms with Gasteiger partial charge in [-0.05, 0) is 18.2 Å². The molecule has 0 unspecified atom stereocenters. The van der Waals surface area contributed by atoms with E-state index in [4.69, 9.17) is 0 Å². The number of thioether (sulfide) groups is 1. The molecule has 0 aliphatic heterocycles. The highest BCUT2D eigenvalue weighted by Crippen LogP contribution is 2.33. The van der Waals surface area contributed by atoms with E-state index >= 15 is 0 Å². The second-order valence-corrected chi connectivity index (χ2v) is 5.87. The van der Waals surface area contributed by atoms with Crippen LogP contribution in [0.3, 0.4) is 0 Å². The number of halogens is 4. The highest BCUT2D eigenvalue weighted by molar-refractivity contribution is 9.10. The van der Waals surface area contributed by atoms with Gasteiger partial charge in [-0.3, -0.25) is 4.79 Å². The summed E-state index contributed by atoms with van der Waals surface area (Å²) >= 11 is 4.51. The van der Waals surface area contributed by atoms with Gasteiger partial charge in [-0.25, -0.2) is 0 Å². The van der Waals surface area contributed by atoms with E-state index in [0.29, 0.717) is 12.3 Å². The Morgan fingerprint density at radius 2 is 2.15 bits per heavy atom. The first kappa shape index (κ1) is 17.1. The molecule has 110 valence electrons. The summed E-state index contributed by atoms with van der Waals surface area (Å²) < 4.78 is 38.9. The van der Waals surface area contributed by atoms with Gasteiger partial charge in [0.2, 0.25) is 0 Å². The fourth-order valence-electron chi connectivity index (χ4n) is 1.45. The Labute approximate surface area is 127 Å². The van der Waals surface area contributed by atoms with Crippen LogP contribution in [0.5, 0.6) is 0 Å². The molecule has 0 radical (unpaired) electrons. The van der Waals surface area contributed by atoms with Crippen molar-refractivity contribution in [2.75, 3.05) is 18.1 Å². The third-order valence-electron chi connectivity index (χ3n) is 2.30. The summed E-state index contributed by atoms with van der Waals surface area (Å²) in [4.78, 5) is 11.8. The zero-order valence-corrected chi connectivity index (χ0v) is 12.9. The van der Waals surface area contributed by atoms with Crippen molar-refractivity contribution in [1.82, 2.24) is 5.32 Å². The van der Waals surface area contributed by atoms with Crippen molar-refractivity contribution < 1.29 is 18.0 Å². The number of carbonyl (C=O) groups is 1. The maximum Gasteiger partial charge on any atom is 0.417 e. The van der Waals surface area contributed by atoms with Gasteiger partial charge in [0.1, 0.15) is 0 Å². The highest BCUT2D eigenvalue weighted by Gasteiger charge is 2.35. The molecule has 0 aromatic heterocycles. The molecular weight excluding hydrogens is 355 g/mol. The van der Waals surface area contributed by atoms with E-state index in [0.717, 1.165) is 11.8 Å². The molecule has 0 atom stereocenters. The van der Waals surface area contributed by atoms with E-state index in [1.165, 1.54) is 12.1 Å². The number of benzene rings is 1. The molecule has 0 fully saturated rings. The minimum Gasteiger partial charge on any atom is -0.351 e. The van der Waals surface area contributed by atoms with Gasteiger partial charge in [0.05, 0.1) is 11.1 Å². The minimum atomic E-state index is -4.56. The molecule has 0 saturated carbocycles. The van der Waals surface area contributed by atoms with Gasteiger partial charge < -0.3 is 5.32 Å². The predicted molar refractivity (Wildman–Crippen MR) is 79.0 cm³/mol. The molecule has 0 heterocycles.